The fraction of sp³-hybridized carbons (Fsp3) is 0.188. The van der Waals surface area contributed by atoms with Crippen molar-refractivity contribution in [2.24, 2.45) is 7.05 Å². The molecule has 0 saturated heterocycles. The number of amides is 1. The standard InChI is InChI=1S/C16H15BrN4O2/c1-10-14-6-11(8-18-15(14)21(2)19-10)9-23-20-16(22)12-4-3-5-13(17)7-12/h3-8H,9H2,1-2H3,(H,20,22). The SMILES string of the molecule is Cc1nn(C)c2ncc(CONC(=O)c3cccc(Br)c3)cc12. The number of carbonyl (C=O) groups excluding carboxylic acids is 1. The maximum atomic E-state index is 12.0. The highest BCUT2D eigenvalue weighted by Crippen LogP contribution is 2.17. The number of pyridine rings is 1. The molecule has 0 fully saturated rings. The first-order valence-corrected chi connectivity index (χ1v) is 7.80. The number of hydroxylamine groups is 1. The van der Waals surface area contributed by atoms with E-state index < -0.39 is 0 Å². The van der Waals surface area contributed by atoms with Crippen LogP contribution in [0.1, 0.15) is 21.6 Å². The van der Waals surface area contributed by atoms with Gasteiger partial charge in [0.25, 0.3) is 5.91 Å². The van der Waals surface area contributed by atoms with Gasteiger partial charge in [-0.15, -0.1) is 0 Å². The van der Waals surface area contributed by atoms with Crippen molar-refractivity contribution in [3.8, 4) is 0 Å². The highest BCUT2D eigenvalue weighted by atomic mass is 79.9. The van der Waals surface area contributed by atoms with E-state index in [1.807, 2.05) is 26.1 Å². The number of rotatable bonds is 4. The van der Waals surface area contributed by atoms with Gasteiger partial charge >= 0.3 is 0 Å². The Hall–Kier alpha value is -2.25. The van der Waals surface area contributed by atoms with Gasteiger partial charge in [-0.3, -0.25) is 14.3 Å². The van der Waals surface area contributed by atoms with Crippen molar-refractivity contribution in [3.05, 3.63) is 57.8 Å². The predicted octanol–water partition coefficient (Wildman–Crippen LogP) is 2.90. The first kappa shape index (κ1) is 15.6. The van der Waals surface area contributed by atoms with Gasteiger partial charge in [0, 0.05) is 28.7 Å². The van der Waals surface area contributed by atoms with Crippen LogP contribution in [0.4, 0.5) is 0 Å². The second-order valence-corrected chi connectivity index (χ2v) is 6.07. The van der Waals surface area contributed by atoms with E-state index in [1.54, 1.807) is 29.1 Å². The summed E-state index contributed by atoms with van der Waals surface area (Å²) in [5.41, 5.74) is 5.56. The highest BCUT2D eigenvalue weighted by molar-refractivity contribution is 9.10. The Labute approximate surface area is 141 Å². The lowest BCUT2D eigenvalue weighted by atomic mass is 10.2. The van der Waals surface area contributed by atoms with E-state index in [-0.39, 0.29) is 12.5 Å². The number of aryl methyl sites for hydroxylation is 2. The summed E-state index contributed by atoms with van der Waals surface area (Å²) >= 11 is 3.33. The maximum absolute atomic E-state index is 12.0. The minimum Gasteiger partial charge on any atom is -0.269 e. The molecular formula is C16H15BrN4O2. The summed E-state index contributed by atoms with van der Waals surface area (Å²) in [6, 6.07) is 9.06. The molecule has 0 unspecified atom stereocenters. The molecule has 118 valence electrons. The average molecular weight is 375 g/mol. The number of benzene rings is 1. The second-order valence-electron chi connectivity index (χ2n) is 5.15. The molecule has 0 aliphatic carbocycles. The van der Waals surface area contributed by atoms with Crippen LogP contribution in [-0.2, 0) is 18.5 Å². The zero-order chi connectivity index (χ0) is 16.4. The molecule has 2 heterocycles. The third-order valence-corrected chi connectivity index (χ3v) is 3.90. The summed E-state index contributed by atoms with van der Waals surface area (Å²) < 4.78 is 2.58. The number of hydrogen-bond donors (Lipinski definition) is 1. The van der Waals surface area contributed by atoms with Crippen molar-refractivity contribution in [1.82, 2.24) is 20.2 Å². The van der Waals surface area contributed by atoms with Crippen LogP contribution in [0.15, 0.2) is 41.0 Å². The molecule has 3 rings (SSSR count). The van der Waals surface area contributed by atoms with Gasteiger partial charge in [-0.1, -0.05) is 22.0 Å². The summed E-state index contributed by atoms with van der Waals surface area (Å²) in [6.45, 7) is 2.17. The van der Waals surface area contributed by atoms with Gasteiger partial charge in [0.15, 0.2) is 5.65 Å². The van der Waals surface area contributed by atoms with E-state index >= 15 is 0 Å². The summed E-state index contributed by atoms with van der Waals surface area (Å²) in [4.78, 5) is 21.6. The second kappa shape index (κ2) is 6.47. The summed E-state index contributed by atoms with van der Waals surface area (Å²) in [5.74, 6) is -0.294. The largest absolute Gasteiger partial charge is 0.274 e. The fourth-order valence-corrected chi connectivity index (χ4v) is 2.70. The fourth-order valence-electron chi connectivity index (χ4n) is 2.30. The Morgan fingerprint density at radius 1 is 1.39 bits per heavy atom. The Morgan fingerprint density at radius 2 is 2.22 bits per heavy atom. The van der Waals surface area contributed by atoms with E-state index in [2.05, 4.69) is 31.5 Å². The van der Waals surface area contributed by atoms with Crippen molar-refractivity contribution < 1.29 is 9.63 Å². The lowest BCUT2D eigenvalue weighted by molar-refractivity contribution is 0.0233. The van der Waals surface area contributed by atoms with Crippen molar-refractivity contribution in [1.29, 1.82) is 0 Å². The zero-order valence-corrected chi connectivity index (χ0v) is 14.3. The van der Waals surface area contributed by atoms with Crippen molar-refractivity contribution in [3.63, 3.8) is 0 Å². The Balaban J connectivity index is 1.64. The molecule has 3 aromatic rings. The van der Waals surface area contributed by atoms with Crippen LogP contribution in [0.3, 0.4) is 0 Å². The quantitative estimate of drug-likeness (QED) is 0.712. The van der Waals surface area contributed by atoms with Crippen LogP contribution in [0.5, 0.6) is 0 Å². The van der Waals surface area contributed by atoms with Crippen LogP contribution in [0.2, 0.25) is 0 Å². The Morgan fingerprint density at radius 3 is 3.00 bits per heavy atom. The lowest BCUT2D eigenvalue weighted by Crippen LogP contribution is -2.23. The van der Waals surface area contributed by atoms with Gasteiger partial charge in [-0.25, -0.2) is 10.5 Å². The van der Waals surface area contributed by atoms with Gasteiger partial charge in [-0.05, 0) is 36.8 Å². The molecule has 23 heavy (non-hydrogen) atoms. The highest BCUT2D eigenvalue weighted by Gasteiger charge is 2.09. The van der Waals surface area contributed by atoms with Crippen LogP contribution in [0.25, 0.3) is 11.0 Å². The van der Waals surface area contributed by atoms with E-state index in [0.717, 1.165) is 26.8 Å². The van der Waals surface area contributed by atoms with Crippen LogP contribution < -0.4 is 5.48 Å². The van der Waals surface area contributed by atoms with E-state index in [0.29, 0.717) is 5.56 Å². The molecule has 0 aliphatic heterocycles. The smallest absolute Gasteiger partial charge is 0.269 e. The molecule has 1 N–H and O–H groups in total. The van der Waals surface area contributed by atoms with Crippen LogP contribution >= 0.6 is 15.9 Å². The number of carbonyl (C=O) groups is 1. The number of halogens is 1. The van der Waals surface area contributed by atoms with Crippen LogP contribution in [-0.4, -0.2) is 20.7 Å². The minimum absolute atomic E-state index is 0.233. The van der Waals surface area contributed by atoms with E-state index in [1.165, 1.54) is 0 Å². The van der Waals surface area contributed by atoms with Crippen molar-refractivity contribution in [2.75, 3.05) is 0 Å². The molecule has 0 aliphatic rings. The summed E-state index contributed by atoms with van der Waals surface area (Å²) in [5, 5.41) is 5.31. The van der Waals surface area contributed by atoms with Crippen LogP contribution in [0, 0.1) is 6.92 Å². The van der Waals surface area contributed by atoms with Crippen molar-refractivity contribution in [2.45, 2.75) is 13.5 Å². The summed E-state index contributed by atoms with van der Waals surface area (Å²) in [7, 11) is 1.86. The molecule has 0 saturated carbocycles. The molecule has 0 bridgehead atoms. The number of hydrogen-bond acceptors (Lipinski definition) is 4. The molecular weight excluding hydrogens is 360 g/mol. The van der Waals surface area contributed by atoms with E-state index in [4.69, 9.17) is 4.84 Å². The third-order valence-electron chi connectivity index (χ3n) is 3.41. The first-order chi connectivity index (χ1) is 11.0. The molecule has 0 radical (unpaired) electrons. The first-order valence-electron chi connectivity index (χ1n) is 7.00. The zero-order valence-electron chi connectivity index (χ0n) is 12.7. The molecule has 1 amide bonds. The third kappa shape index (κ3) is 3.40. The Bertz CT molecular complexity index is 876. The average Bonchev–Trinajstić information content (AvgIpc) is 2.81. The van der Waals surface area contributed by atoms with Crippen molar-refractivity contribution >= 4 is 32.9 Å². The Kier molecular flexibility index (Phi) is 4.40. The topological polar surface area (TPSA) is 69.0 Å². The van der Waals surface area contributed by atoms with Gasteiger partial charge in [0.05, 0.1) is 5.69 Å². The molecule has 1 aromatic carbocycles. The number of aromatic nitrogens is 3. The summed E-state index contributed by atoms with van der Waals surface area (Å²) in [6.07, 6.45) is 1.72. The van der Waals surface area contributed by atoms with E-state index in [9.17, 15) is 4.79 Å². The lowest BCUT2D eigenvalue weighted by Gasteiger charge is -2.06. The number of nitrogens with zero attached hydrogens (tertiary/aromatic N) is 3. The predicted molar refractivity (Wildman–Crippen MR) is 89.6 cm³/mol. The molecule has 0 spiro atoms. The molecule has 6 nitrogen and oxygen atoms in total. The molecule has 2 aromatic heterocycles. The molecule has 0 atom stereocenters. The monoisotopic (exact) mass is 374 g/mol. The van der Waals surface area contributed by atoms with Gasteiger partial charge < -0.3 is 0 Å². The number of nitrogens with one attached hydrogen (secondary N) is 1. The van der Waals surface area contributed by atoms with Gasteiger partial charge in [-0.2, -0.15) is 5.10 Å². The number of fused-ring (bicyclic) bond motifs is 1. The normalized spacial score (nSPS) is 10.9. The minimum atomic E-state index is -0.294. The van der Waals surface area contributed by atoms with Gasteiger partial charge in [0.1, 0.15) is 6.61 Å². The van der Waals surface area contributed by atoms with Gasteiger partial charge in [0.2, 0.25) is 0 Å². The molecule has 7 heteroatoms. The maximum Gasteiger partial charge on any atom is 0.274 e.